The second-order valence-corrected chi connectivity index (χ2v) is 6.73. The Morgan fingerprint density at radius 2 is 2.22 bits per heavy atom. The number of aryl methyl sites for hydroxylation is 1. The van der Waals surface area contributed by atoms with Gasteiger partial charge in [-0.2, -0.15) is 0 Å². The molecule has 1 fully saturated rings. The largest absolute Gasteiger partial charge is 0.378 e. The highest BCUT2D eigenvalue weighted by Gasteiger charge is 2.15. The minimum absolute atomic E-state index is 0.0207. The van der Waals surface area contributed by atoms with Crippen LogP contribution in [0, 0.1) is 6.92 Å². The van der Waals surface area contributed by atoms with E-state index < -0.39 is 0 Å². The molecule has 1 saturated heterocycles. The Morgan fingerprint density at radius 3 is 3.00 bits per heavy atom. The molecular weight excluding hydrogens is 288 g/mol. The molecule has 2 aromatic rings. The summed E-state index contributed by atoms with van der Waals surface area (Å²) in [5.41, 5.74) is 2.97. The zero-order valence-electron chi connectivity index (χ0n) is 14.1. The van der Waals surface area contributed by atoms with Gasteiger partial charge in [0.25, 0.3) is 5.56 Å². The van der Waals surface area contributed by atoms with Crippen molar-refractivity contribution < 1.29 is 4.74 Å². The third-order valence-electron chi connectivity index (χ3n) is 4.61. The van der Waals surface area contributed by atoms with Crippen molar-refractivity contribution in [3.8, 4) is 0 Å². The minimum Gasteiger partial charge on any atom is -0.378 e. The van der Waals surface area contributed by atoms with Gasteiger partial charge < -0.3 is 14.6 Å². The molecule has 1 N–H and O–H groups in total. The average Bonchev–Trinajstić information content (AvgIpc) is 3.02. The highest BCUT2D eigenvalue weighted by Crippen LogP contribution is 2.17. The van der Waals surface area contributed by atoms with Crippen molar-refractivity contribution in [2.45, 2.75) is 45.3 Å². The molecule has 1 aromatic carbocycles. The lowest BCUT2D eigenvalue weighted by molar-refractivity contribution is 0.0995. The molecule has 4 nitrogen and oxygen atoms in total. The van der Waals surface area contributed by atoms with Crippen molar-refractivity contribution in [3.05, 3.63) is 45.7 Å². The van der Waals surface area contributed by atoms with E-state index in [9.17, 15) is 4.79 Å². The predicted octanol–water partition coefficient (Wildman–Crippen LogP) is 3.23. The summed E-state index contributed by atoms with van der Waals surface area (Å²) in [5.74, 6) is 0. The van der Waals surface area contributed by atoms with Crippen LogP contribution in [0.15, 0.2) is 29.1 Å². The lowest BCUT2D eigenvalue weighted by Crippen LogP contribution is -2.25. The van der Waals surface area contributed by atoms with Gasteiger partial charge in [0.15, 0.2) is 0 Å². The zero-order valence-corrected chi connectivity index (χ0v) is 14.1. The summed E-state index contributed by atoms with van der Waals surface area (Å²) in [6, 6.07) is 8.14. The number of pyridine rings is 1. The third-order valence-corrected chi connectivity index (χ3v) is 4.61. The van der Waals surface area contributed by atoms with E-state index >= 15 is 0 Å². The summed E-state index contributed by atoms with van der Waals surface area (Å²) in [6.07, 6.45) is 5.10. The van der Waals surface area contributed by atoms with Crippen molar-refractivity contribution in [1.29, 1.82) is 0 Å². The molecule has 0 bridgehead atoms. The summed E-state index contributed by atoms with van der Waals surface area (Å²) in [4.78, 5) is 17.4. The topological polar surface area (TPSA) is 45.3 Å². The van der Waals surface area contributed by atoms with Crippen LogP contribution in [0.3, 0.4) is 0 Å². The van der Waals surface area contributed by atoms with Gasteiger partial charge in [-0.05, 0) is 69.8 Å². The number of H-pyrrole nitrogens is 1. The van der Waals surface area contributed by atoms with Crippen LogP contribution in [0.4, 0.5) is 0 Å². The van der Waals surface area contributed by atoms with Crippen LogP contribution in [-0.4, -0.2) is 36.2 Å². The van der Waals surface area contributed by atoms with Gasteiger partial charge in [0, 0.05) is 24.2 Å². The van der Waals surface area contributed by atoms with Crippen LogP contribution < -0.4 is 5.56 Å². The van der Waals surface area contributed by atoms with Gasteiger partial charge in [-0.3, -0.25) is 4.79 Å². The minimum atomic E-state index is 0.0207. The maximum Gasteiger partial charge on any atom is 0.252 e. The number of benzene rings is 1. The van der Waals surface area contributed by atoms with E-state index in [2.05, 4.69) is 29.9 Å². The fraction of sp³-hybridized carbons (Fsp3) is 0.526. The van der Waals surface area contributed by atoms with E-state index in [1.807, 2.05) is 18.2 Å². The number of nitrogens with zero attached hydrogens (tertiary/aromatic N) is 1. The summed E-state index contributed by atoms with van der Waals surface area (Å²) >= 11 is 0. The third kappa shape index (κ3) is 4.21. The Balaban J connectivity index is 1.60. The van der Waals surface area contributed by atoms with Gasteiger partial charge in [-0.25, -0.2) is 0 Å². The maximum atomic E-state index is 12.2. The number of fused-ring (bicyclic) bond motifs is 1. The van der Waals surface area contributed by atoms with Crippen LogP contribution in [0.25, 0.3) is 10.9 Å². The molecule has 124 valence electrons. The smallest absolute Gasteiger partial charge is 0.252 e. The van der Waals surface area contributed by atoms with Crippen LogP contribution in [0.5, 0.6) is 0 Å². The van der Waals surface area contributed by atoms with Crippen LogP contribution in [0.1, 0.15) is 36.8 Å². The molecule has 3 rings (SSSR count). The van der Waals surface area contributed by atoms with Crippen molar-refractivity contribution >= 4 is 10.9 Å². The molecule has 0 unspecified atom stereocenters. The van der Waals surface area contributed by atoms with Crippen molar-refractivity contribution in [2.75, 3.05) is 20.2 Å². The second-order valence-electron chi connectivity index (χ2n) is 6.73. The van der Waals surface area contributed by atoms with E-state index in [0.717, 1.165) is 42.5 Å². The first kappa shape index (κ1) is 16.2. The lowest BCUT2D eigenvalue weighted by Gasteiger charge is -2.17. The summed E-state index contributed by atoms with van der Waals surface area (Å²) in [5, 5.41) is 1.10. The quantitative estimate of drug-likeness (QED) is 0.890. The maximum absolute atomic E-state index is 12.2. The number of hydrogen-bond acceptors (Lipinski definition) is 3. The number of hydrogen-bond donors (Lipinski definition) is 1. The highest BCUT2D eigenvalue weighted by atomic mass is 16.5. The number of nitrogens with one attached hydrogen (secondary N) is 1. The van der Waals surface area contributed by atoms with Gasteiger partial charge in [0.2, 0.25) is 0 Å². The normalized spacial score (nSPS) is 18.1. The molecule has 0 amide bonds. The summed E-state index contributed by atoms with van der Waals surface area (Å²) < 4.78 is 5.66. The number of aromatic amines is 1. The molecular formula is C19H26N2O2. The Kier molecular flexibility index (Phi) is 5.13. The molecule has 23 heavy (non-hydrogen) atoms. The van der Waals surface area contributed by atoms with E-state index in [1.165, 1.54) is 18.4 Å². The van der Waals surface area contributed by atoms with Gasteiger partial charge in [0.05, 0.1) is 6.10 Å². The fourth-order valence-electron chi connectivity index (χ4n) is 3.32. The molecule has 4 heteroatoms. The molecule has 0 saturated carbocycles. The summed E-state index contributed by atoms with van der Waals surface area (Å²) in [6.45, 7) is 4.67. The van der Waals surface area contributed by atoms with Crippen molar-refractivity contribution in [3.63, 3.8) is 0 Å². The SMILES string of the molecule is Cc1ccc2[nH]c(=O)c(CN(C)CCC[C@@H]3CCCO3)cc2c1. The summed E-state index contributed by atoms with van der Waals surface area (Å²) in [7, 11) is 2.08. The zero-order chi connectivity index (χ0) is 16.2. The molecule has 0 spiro atoms. The molecule has 1 atom stereocenters. The average molecular weight is 314 g/mol. The van der Waals surface area contributed by atoms with E-state index in [1.54, 1.807) is 0 Å². The molecule has 1 aliphatic rings. The first-order chi connectivity index (χ1) is 11.1. The van der Waals surface area contributed by atoms with Crippen molar-refractivity contribution in [2.24, 2.45) is 0 Å². The Bertz CT molecular complexity index is 717. The number of rotatable bonds is 6. The Hall–Kier alpha value is -1.65. The van der Waals surface area contributed by atoms with Crippen LogP contribution in [-0.2, 0) is 11.3 Å². The Morgan fingerprint density at radius 1 is 1.35 bits per heavy atom. The molecule has 1 aromatic heterocycles. The van der Waals surface area contributed by atoms with Gasteiger partial charge in [-0.15, -0.1) is 0 Å². The molecule has 0 radical (unpaired) electrons. The molecule has 2 heterocycles. The van der Waals surface area contributed by atoms with E-state index in [0.29, 0.717) is 12.6 Å². The number of ether oxygens (including phenoxy) is 1. The standard InChI is InChI=1S/C19H26N2O2/c1-14-7-8-18-15(11-14)12-16(19(22)20-18)13-21(2)9-3-5-17-6-4-10-23-17/h7-8,11-12,17H,3-6,9-10,13H2,1-2H3,(H,20,22)/t17-/m1/s1. The molecule has 0 aliphatic carbocycles. The fourth-order valence-corrected chi connectivity index (χ4v) is 3.32. The number of aromatic nitrogens is 1. The Labute approximate surface area is 137 Å². The van der Waals surface area contributed by atoms with Gasteiger partial charge >= 0.3 is 0 Å². The van der Waals surface area contributed by atoms with Gasteiger partial charge in [0.1, 0.15) is 0 Å². The first-order valence-electron chi connectivity index (χ1n) is 8.54. The van der Waals surface area contributed by atoms with Crippen LogP contribution in [0.2, 0.25) is 0 Å². The highest BCUT2D eigenvalue weighted by molar-refractivity contribution is 5.79. The van der Waals surface area contributed by atoms with E-state index in [4.69, 9.17) is 4.74 Å². The monoisotopic (exact) mass is 314 g/mol. The first-order valence-corrected chi connectivity index (χ1v) is 8.54. The molecule has 1 aliphatic heterocycles. The second kappa shape index (κ2) is 7.28. The predicted molar refractivity (Wildman–Crippen MR) is 93.8 cm³/mol. The van der Waals surface area contributed by atoms with Crippen LogP contribution >= 0.6 is 0 Å². The lowest BCUT2D eigenvalue weighted by atomic mass is 10.1. The van der Waals surface area contributed by atoms with Crippen molar-refractivity contribution in [1.82, 2.24) is 9.88 Å². The van der Waals surface area contributed by atoms with E-state index in [-0.39, 0.29) is 5.56 Å². The van der Waals surface area contributed by atoms with Gasteiger partial charge in [-0.1, -0.05) is 11.6 Å².